The fourth-order valence-electron chi connectivity index (χ4n) is 6.88. The number of carbonyl (C=O) groups is 2. The molecule has 8 heteroatoms. The van der Waals surface area contributed by atoms with Crippen LogP contribution in [0.3, 0.4) is 0 Å². The van der Waals surface area contributed by atoms with Crippen LogP contribution in [0.2, 0.25) is 0 Å². The number of fused-ring (bicyclic) bond motifs is 4. The summed E-state index contributed by atoms with van der Waals surface area (Å²) in [5.41, 5.74) is 2.29. The van der Waals surface area contributed by atoms with Gasteiger partial charge in [0.25, 0.3) is 0 Å². The number of nitrogens with zero attached hydrogens (tertiary/aromatic N) is 1. The molecule has 1 saturated carbocycles. The Kier molecular flexibility index (Phi) is 5.51. The number of benzene rings is 1. The van der Waals surface area contributed by atoms with E-state index in [1.807, 2.05) is 12.1 Å². The van der Waals surface area contributed by atoms with Crippen molar-refractivity contribution < 1.29 is 28.5 Å². The maximum Gasteiger partial charge on any atom is 0.319 e. The van der Waals surface area contributed by atoms with E-state index in [0.717, 1.165) is 60.9 Å². The second kappa shape index (κ2) is 8.24. The lowest BCUT2D eigenvalue weighted by molar-refractivity contribution is -0.163. The molecule has 0 amide bonds. The van der Waals surface area contributed by atoms with Crippen LogP contribution in [0.1, 0.15) is 37.4 Å². The van der Waals surface area contributed by atoms with E-state index in [2.05, 4.69) is 9.88 Å². The van der Waals surface area contributed by atoms with Gasteiger partial charge in [-0.25, -0.2) is 0 Å². The normalized spacial score (nSPS) is 29.8. The minimum absolute atomic E-state index is 0.00334. The molecule has 5 unspecified atom stereocenters. The number of aromatic amines is 1. The number of H-pyrrole nitrogens is 1. The van der Waals surface area contributed by atoms with Gasteiger partial charge in [-0.05, 0) is 49.1 Å². The molecule has 6 rings (SSSR count). The van der Waals surface area contributed by atoms with E-state index in [1.54, 1.807) is 14.2 Å². The monoisotopic (exact) mass is 456 g/mol. The number of ether oxygens (including phenoxy) is 4. The van der Waals surface area contributed by atoms with Crippen LogP contribution in [0.5, 0.6) is 11.5 Å². The van der Waals surface area contributed by atoms with E-state index in [4.69, 9.17) is 18.9 Å². The van der Waals surface area contributed by atoms with Gasteiger partial charge in [-0.3, -0.25) is 14.5 Å². The summed E-state index contributed by atoms with van der Waals surface area (Å²) in [6.45, 7) is 3.68. The highest BCUT2D eigenvalue weighted by Crippen LogP contribution is 2.55. The zero-order chi connectivity index (χ0) is 23.3. The van der Waals surface area contributed by atoms with Crippen molar-refractivity contribution in [2.75, 3.05) is 41.0 Å². The number of nitrogens with one attached hydrogen (secondary N) is 1. The molecule has 3 fully saturated rings. The third-order valence-electron chi connectivity index (χ3n) is 7.93. The molecule has 0 radical (unpaired) electrons. The van der Waals surface area contributed by atoms with E-state index < -0.39 is 5.41 Å². The topological polar surface area (TPSA) is 90.1 Å². The van der Waals surface area contributed by atoms with Crippen molar-refractivity contribution in [2.45, 2.75) is 44.1 Å². The summed E-state index contributed by atoms with van der Waals surface area (Å²) in [7, 11) is 4.74. The van der Waals surface area contributed by atoms with Crippen LogP contribution in [0.4, 0.5) is 0 Å². The number of hydrogen-bond acceptors (Lipinski definition) is 7. The average Bonchev–Trinajstić information content (AvgIpc) is 3.13. The van der Waals surface area contributed by atoms with Crippen LogP contribution >= 0.6 is 0 Å². The minimum atomic E-state index is -0.776. The zero-order valence-corrected chi connectivity index (χ0v) is 19.7. The van der Waals surface area contributed by atoms with Crippen LogP contribution in [-0.2, 0) is 30.9 Å². The highest BCUT2D eigenvalue weighted by Gasteiger charge is 2.63. The molecule has 4 heterocycles. The molecule has 3 aliphatic heterocycles. The molecular weight excluding hydrogens is 424 g/mol. The van der Waals surface area contributed by atoms with Crippen molar-refractivity contribution in [3.05, 3.63) is 23.4 Å². The van der Waals surface area contributed by atoms with Crippen molar-refractivity contribution in [1.82, 2.24) is 9.88 Å². The Morgan fingerprint density at radius 1 is 1.18 bits per heavy atom. The van der Waals surface area contributed by atoms with Crippen LogP contribution in [0.25, 0.3) is 10.9 Å². The first-order valence-corrected chi connectivity index (χ1v) is 11.7. The predicted molar refractivity (Wildman–Crippen MR) is 122 cm³/mol. The summed E-state index contributed by atoms with van der Waals surface area (Å²) in [6, 6.07) is 3.96. The highest BCUT2D eigenvalue weighted by atomic mass is 16.5. The van der Waals surface area contributed by atoms with Gasteiger partial charge in [0.2, 0.25) is 0 Å². The van der Waals surface area contributed by atoms with Gasteiger partial charge >= 0.3 is 11.9 Å². The molecule has 2 saturated heterocycles. The molecule has 2 aromatic rings. The largest absolute Gasteiger partial charge is 0.493 e. The van der Waals surface area contributed by atoms with Gasteiger partial charge in [-0.1, -0.05) is 0 Å². The SMILES string of the molecule is COC(=O)C12CC3CC(CCOC(C)=O)C1N(CCc1c2[nH]c2cc(OC)c(OC)cc12)C3. The molecule has 4 bridgehead atoms. The average molecular weight is 457 g/mol. The third-order valence-corrected chi connectivity index (χ3v) is 7.93. The van der Waals surface area contributed by atoms with E-state index in [1.165, 1.54) is 14.0 Å². The Hall–Kier alpha value is -2.74. The maximum absolute atomic E-state index is 13.7. The number of hydrogen-bond donors (Lipinski definition) is 1. The number of carbonyl (C=O) groups excluding carboxylic acids is 2. The van der Waals surface area contributed by atoms with Gasteiger partial charge in [0.1, 0.15) is 5.41 Å². The van der Waals surface area contributed by atoms with Crippen molar-refractivity contribution in [1.29, 1.82) is 0 Å². The summed E-state index contributed by atoms with van der Waals surface area (Å²) in [4.78, 5) is 31.1. The second-order valence-corrected chi connectivity index (χ2v) is 9.58. The molecule has 1 N–H and O–H groups in total. The molecule has 1 aliphatic carbocycles. The molecule has 5 atom stereocenters. The Labute approximate surface area is 193 Å². The smallest absolute Gasteiger partial charge is 0.319 e. The molecule has 178 valence electrons. The van der Waals surface area contributed by atoms with Crippen LogP contribution in [0.15, 0.2) is 12.1 Å². The van der Waals surface area contributed by atoms with Crippen LogP contribution in [0, 0.1) is 11.8 Å². The van der Waals surface area contributed by atoms with Crippen molar-refractivity contribution in [2.24, 2.45) is 11.8 Å². The highest BCUT2D eigenvalue weighted by molar-refractivity contribution is 5.93. The molecule has 1 aromatic heterocycles. The van der Waals surface area contributed by atoms with Gasteiger partial charge in [0.05, 0.1) is 27.9 Å². The lowest BCUT2D eigenvalue weighted by Crippen LogP contribution is -2.67. The first-order valence-electron chi connectivity index (χ1n) is 11.7. The van der Waals surface area contributed by atoms with Crippen LogP contribution in [-0.4, -0.2) is 68.9 Å². The minimum Gasteiger partial charge on any atom is -0.493 e. The Balaban J connectivity index is 1.66. The molecular formula is C25H32N2O6. The summed E-state index contributed by atoms with van der Waals surface area (Å²) >= 11 is 0. The standard InChI is InChI=1S/C25H32N2O6/c1-14(28)33-8-6-16-9-15-12-25(24(29)32-4)22-17(5-7-27(13-15)23(16)25)18-10-20(30-2)21(31-3)11-19(18)26-22/h10-11,15-16,23,26H,5-9,12-13H2,1-4H3. The molecule has 8 nitrogen and oxygen atoms in total. The lowest BCUT2D eigenvalue weighted by Gasteiger charge is -2.57. The summed E-state index contributed by atoms with van der Waals surface area (Å²) in [5.74, 6) is 1.51. The Morgan fingerprint density at radius 3 is 2.64 bits per heavy atom. The first kappa shape index (κ1) is 22.1. The van der Waals surface area contributed by atoms with Crippen molar-refractivity contribution >= 4 is 22.8 Å². The number of esters is 2. The molecule has 33 heavy (non-hydrogen) atoms. The number of rotatable bonds is 6. The zero-order valence-electron chi connectivity index (χ0n) is 19.7. The quantitative estimate of drug-likeness (QED) is 0.669. The fourth-order valence-corrected chi connectivity index (χ4v) is 6.88. The second-order valence-electron chi connectivity index (χ2n) is 9.58. The number of piperidine rings is 2. The van der Waals surface area contributed by atoms with Crippen LogP contribution < -0.4 is 9.47 Å². The van der Waals surface area contributed by atoms with Gasteiger partial charge in [-0.15, -0.1) is 0 Å². The molecule has 4 aliphatic rings. The Morgan fingerprint density at radius 2 is 1.94 bits per heavy atom. The number of aromatic nitrogens is 1. The van der Waals surface area contributed by atoms with Crippen molar-refractivity contribution in [3.63, 3.8) is 0 Å². The summed E-state index contributed by atoms with van der Waals surface area (Å²) in [5, 5.41) is 1.06. The van der Waals surface area contributed by atoms with E-state index in [0.29, 0.717) is 24.0 Å². The van der Waals surface area contributed by atoms with Gasteiger partial charge < -0.3 is 23.9 Å². The molecule has 1 aromatic carbocycles. The maximum atomic E-state index is 13.7. The van der Waals surface area contributed by atoms with E-state index in [9.17, 15) is 9.59 Å². The third kappa shape index (κ3) is 3.29. The van der Waals surface area contributed by atoms with Crippen molar-refractivity contribution in [3.8, 4) is 11.5 Å². The lowest BCUT2D eigenvalue weighted by atomic mass is 9.56. The number of methoxy groups -OCH3 is 3. The van der Waals surface area contributed by atoms with Gasteiger partial charge in [0.15, 0.2) is 11.5 Å². The summed E-state index contributed by atoms with van der Waals surface area (Å²) in [6.07, 6.45) is 3.38. The molecule has 0 spiro atoms. The fraction of sp³-hybridized carbons (Fsp3) is 0.600. The summed E-state index contributed by atoms with van der Waals surface area (Å²) < 4.78 is 21.9. The van der Waals surface area contributed by atoms with E-state index in [-0.39, 0.29) is 23.9 Å². The van der Waals surface area contributed by atoms with Gasteiger partial charge in [-0.2, -0.15) is 0 Å². The van der Waals surface area contributed by atoms with E-state index >= 15 is 0 Å². The first-order chi connectivity index (χ1) is 15.9. The van der Waals surface area contributed by atoms with Gasteiger partial charge in [0, 0.05) is 48.7 Å². The Bertz CT molecular complexity index is 1090. The predicted octanol–water partition coefficient (Wildman–Crippen LogP) is 2.82.